The predicted octanol–water partition coefficient (Wildman–Crippen LogP) is 3.49. The molecule has 1 saturated heterocycles. The molecule has 0 spiro atoms. The van der Waals surface area contributed by atoms with Crippen LogP contribution in [0.25, 0.3) is 11.4 Å². The Morgan fingerprint density at radius 2 is 2.37 bits per heavy atom. The van der Waals surface area contributed by atoms with Crippen LogP contribution in [0.5, 0.6) is 0 Å². The van der Waals surface area contributed by atoms with Crippen molar-refractivity contribution in [3.05, 3.63) is 40.9 Å². The fourth-order valence-corrected chi connectivity index (χ4v) is 2.74. The van der Waals surface area contributed by atoms with E-state index in [0.717, 1.165) is 37.6 Å². The molecule has 0 N–H and O–H groups in total. The maximum atomic E-state index is 13.3. The lowest BCUT2D eigenvalue weighted by Crippen LogP contribution is -2.11. The number of halogens is 2. The molecule has 0 radical (unpaired) electrons. The SMILES string of the molecule is Fc1ccc(-c2nccn2CC2CCOC2)cc1Br. The fourth-order valence-electron chi connectivity index (χ4n) is 2.36. The van der Waals surface area contributed by atoms with Crippen LogP contribution in [0.3, 0.4) is 0 Å². The number of rotatable bonds is 3. The van der Waals surface area contributed by atoms with Crippen molar-refractivity contribution in [2.24, 2.45) is 5.92 Å². The van der Waals surface area contributed by atoms with Gasteiger partial charge < -0.3 is 9.30 Å². The molecule has 1 aliphatic rings. The molecule has 1 aromatic carbocycles. The van der Waals surface area contributed by atoms with Gasteiger partial charge in [-0.05, 0) is 40.5 Å². The van der Waals surface area contributed by atoms with Gasteiger partial charge in [0.1, 0.15) is 11.6 Å². The summed E-state index contributed by atoms with van der Waals surface area (Å²) in [5.74, 6) is 1.15. The van der Waals surface area contributed by atoms with Gasteiger partial charge in [-0.25, -0.2) is 9.37 Å². The highest BCUT2D eigenvalue weighted by Crippen LogP contribution is 2.25. The average molecular weight is 325 g/mol. The van der Waals surface area contributed by atoms with Crippen molar-refractivity contribution in [1.29, 1.82) is 0 Å². The van der Waals surface area contributed by atoms with Crippen molar-refractivity contribution in [2.75, 3.05) is 13.2 Å². The molecule has 19 heavy (non-hydrogen) atoms. The lowest BCUT2D eigenvalue weighted by atomic mass is 10.1. The number of nitrogens with zero attached hydrogens (tertiary/aromatic N) is 2. The Labute approximate surface area is 119 Å². The number of benzene rings is 1. The van der Waals surface area contributed by atoms with Gasteiger partial charge in [-0.1, -0.05) is 0 Å². The summed E-state index contributed by atoms with van der Waals surface area (Å²) < 4.78 is 21.2. The smallest absolute Gasteiger partial charge is 0.139 e. The van der Waals surface area contributed by atoms with E-state index in [1.165, 1.54) is 6.07 Å². The van der Waals surface area contributed by atoms with Gasteiger partial charge in [0.2, 0.25) is 0 Å². The standard InChI is InChI=1S/C14H14BrFN2O/c15-12-7-11(1-2-13(12)16)14-17-4-5-18(14)8-10-3-6-19-9-10/h1-2,4-5,7,10H,3,6,8-9H2. The van der Waals surface area contributed by atoms with Gasteiger partial charge in [-0.2, -0.15) is 0 Å². The first-order valence-corrected chi connectivity index (χ1v) is 7.07. The van der Waals surface area contributed by atoms with Crippen LogP contribution < -0.4 is 0 Å². The van der Waals surface area contributed by atoms with Crippen LogP contribution in [-0.4, -0.2) is 22.8 Å². The number of hydrogen-bond donors (Lipinski definition) is 0. The van der Waals surface area contributed by atoms with Crippen LogP contribution in [-0.2, 0) is 11.3 Å². The zero-order valence-corrected chi connectivity index (χ0v) is 11.9. The van der Waals surface area contributed by atoms with Gasteiger partial charge in [0.15, 0.2) is 0 Å². The molecule has 2 aromatic rings. The molecule has 1 aliphatic heterocycles. The molecule has 1 unspecified atom stereocenters. The minimum absolute atomic E-state index is 0.258. The minimum atomic E-state index is -0.258. The van der Waals surface area contributed by atoms with Crippen molar-refractivity contribution < 1.29 is 9.13 Å². The van der Waals surface area contributed by atoms with E-state index in [9.17, 15) is 4.39 Å². The lowest BCUT2D eigenvalue weighted by molar-refractivity contribution is 0.182. The van der Waals surface area contributed by atoms with Crippen molar-refractivity contribution in [1.82, 2.24) is 9.55 Å². The molecule has 1 fully saturated rings. The van der Waals surface area contributed by atoms with E-state index in [1.807, 2.05) is 6.20 Å². The molecule has 2 heterocycles. The van der Waals surface area contributed by atoms with E-state index in [4.69, 9.17) is 4.74 Å². The maximum Gasteiger partial charge on any atom is 0.139 e. The summed E-state index contributed by atoms with van der Waals surface area (Å²) in [5, 5.41) is 0. The van der Waals surface area contributed by atoms with Gasteiger partial charge in [-0.15, -0.1) is 0 Å². The summed E-state index contributed by atoms with van der Waals surface area (Å²) in [6.07, 6.45) is 4.83. The van der Waals surface area contributed by atoms with Gasteiger partial charge in [0.25, 0.3) is 0 Å². The van der Waals surface area contributed by atoms with Crippen LogP contribution in [0, 0.1) is 11.7 Å². The number of imidazole rings is 1. The summed E-state index contributed by atoms with van der Waals surface area (Å²) in [5.41, 5.74) is 0.914. The number of hydrogen-bond acceptors (Lipinski definition) is 2. The molecule has 3 rings (SSSR count). The second-order valence-electron chi connectivity index (χ2n) is 4.76. The normalized spacial score (nSPS) is 18.9. The van der Waals surface area contributed by atoms with Crippen molar-refractivity contribution in [2.45, 2.75) is 13.0 Å². The van der Waals surface area contributed by atoms with E-state index in [2.05, 4.69) is 25.5 Å². The molecular weight excluding hydrogens is 311 g/mol. The fraction of sp³-hybridized carbons (Fsp3) is 0.357. The van der Waals surface area contributed by atoms with E-state index in [0.29, 0.717) is 10.4 Å². The van der Waals surface area contributed by atoms with Crippen LogP contribution in [0.2, 0.25) is 0 Å². The first-order chi connectivity index (χ1) is 9.24. The van der Waals surface area contributed by atoms with Crippen LogP contribution in [0.15, 0.2) is 35.1 Å². The van der Waals surface area contributed by atoms with E-state index >= 15 is 0 Å². The number of aromatic nitrogens is 2. The van der Waals surface area contributed by atoms with Crippen LogP contribution in [0.1, 0.15) is 6.42 Å². The highest BCUT2D eigenvalue weighted by molar-refractivity contribution is 9.10. The first-order valence-electron chi connectivity index (χ1n) is 6.28. The largest absolute Gasteiger partial charge is 0.381 e. The molecule has 100 valence electrons. The van der Waals surface area contributed by atoms with E-state index in [-0.39, 0.29) is 5.82 Å². The summed E-state index contributed by atoms with van der Waals surface area (Å²) in [6, 6.07) is 4.97. The van der Waals surface area contributed by atoms with Crippen molar-refractivity contribution in [3.8, 4) is 11.4 Å². The molecule has 0 amide bonds. The number of ether oxygens (including phenoxy) is 1. The Morgan fingerprint density at radius 1 is 1.47 bits per heavy atom. The summed E-state index contributed by atoms with van der Waals surface area (Å²) in [6.45, 7) is 2.55. The topological polar surface area (TPSA) is 27.1 Å². The third-order valence-corrected chi connectivity index (χ3v) is 3.98. The predicted molar refractivity (Wildman–Crippen MR) is 74.2 cm³/mol. The maximum absolute atomic E-state index is 13.3. The second kappa shape index (κ2) is 5.43. The molecule has 3 nitrogen and oxygen atoms in total. The van der Waals surface area contributed by atoms with Crippen molar-refractivity contribution in [3.63, 3.8) is 0 Å². The van der Waals surface area contributed by atoms with Gasteiger partial charge in [-0.3, -0.25) is 0 Å². The Balaban J connectivity index is 1.87. The van der Waals surface area contributed by atoms with Crippen LogP contribution >= 0.6 is 15.9 Å². The van der Waals surface area contributed by atoms with Crippen LogP contribution in [0.4, 0.5) is 4.39 Å². The summed E-state index contributed by atoms with van der Waals surface area (Å²) in [4.78, 5) is 4.38. The minimum Gasteiger partial charge on any atom is -0.381 e. The third-order valence-electron chi connectivity index (χ3n) is 3.37. The third kappa shape index (κ3) is 2.72. The molecule has 1 aromatic heterocycles. The lowest BCUT2D eigenvalue weighted by Gasteiger charge is -2.12. The highest BCUT2D eigenvalue weighted by Gasteiger charge is 2.18. The Bertz CT molecular complexity index is 579. The highest BCUT2D eigenvalue weighted by atomic mass is 79.9. The molecule has 0 bridgehead atoms. The Hall–Kier alpha value is -1.20. The van der Waals surface area contributed by atoms with Gasteiger partial charge in [0, 0.05) is 37.0 Å². The monoisotopic (exact) mass is 324 g/mol. The second-order valence-corrected chi connectivity index (χ2v) is 5.62. The molecule has 5 heteroatoms. The first kappa shape index (κ1) is 12.8. The quantitative estimate of drug-likeness (QED) is 0.864. The Kier molecular flexibility index (Phi) is 3.66. The molecule has 0 saturated carbocycles. The van der Waals surface area contributed by atoms with Gasteiger partial charge in [0.05, 0.1) is 11.1 Å². The summed E-state index contributed by atoms with van der Waals surface area (Å²) >= 11 is 3.21. The molecular formula is C14H14BrFN2O. The van der Waals surface area contributed by atoms with Gasteiger partial charge >= 0.3 is 0 Å². The summed E-state index contributed by atoms with van der Waals surface area (Å²) in [7, 11) is 0. The average Bonchev–Trinajstić information content (AvgIpc) is 3.05. The molecule has 1 atom stereocenters. The van der Waals surface area contributed by atoms with Crippen molar-refractivity contribution >= 4 is 15.9 Å². The Morgan fingerprint density at radius 3 is 3.11 bits per heavy atom. The van der Waals surface area contributed by atoms with E-state index < -0.39 is 0 Å². The van der Waals surface area contributed by atoms with E-state index in [1.54, 1.807) is 18.3 Å². The zero-order chi connectivity index (χ0) is 13.2. The molecule has 0 aliphatic carbocycles. The zero-order valence-electron chi connectivity index (χ0n) is 10.4.